The minimum atomic E-state index is -0.872. The molecular formula is C23H23ClN4O5. The number of fused-ring (bicyclic) bond motifs is 1. The van der Waals surface area contributed by atoms with Gasteiger partial charge in [-0.1, -0.05) is 41.9 Å². The second-order valence-electron chi connectivity index (χ2n) is 7.61. The van der Waals surface area contributed by atoms with Gasteiger partial charge in [-0.05, 0) is 29.3 Å². The van der Waals surface area contributed by atoms with Crippen LogP contribution >= 0.6 is 11.6 Å². The van der Waals surface area contributed by atoms with E-state index >= 15 is 0 Å². The van der Waals surface area contributed by atoms with Crippen LogP contribution in [-0.4, -0.2) is 41.8 Å². The van der Waals surface area contributed by atoms with Crippen molar-refractivity contribution in [2.45, 2.75) is 19.1 Å². The predicted molar refractivity (Wildman–Crippen MR) is 125 cm³/mol. The molecule has 1 aromatic heterocycles. The van der Waals surface area contributed by atoms with Crippen LogP contribution in [0, 0.1) is 0 Å². The lowest BCUT2D eigenvalue weighted by molar-refractivity contribution is -0.124. The number of benzene rings is 2. The summed E-state index contributed by atoms with van der Waals surface area (Å²) in [4.78, 5) is 42.3. The van der Waals surface area contributed by atoms with Gasteiger partial charge >= 0.3 is 5.69 Å². The van der Waals surface area contributed by atoms with E-state index in [4.69, 9.17) is 26.8 Å². The molecule has 1 aliphatic heterocycles. The smallest absolute Gasteiger partial charge is 0.330 e. The quantitative estimate of drug-likeness (QED) is 0.543. The summed E-state index contributed by atoms with van der Waals surface area (Å²) in [5.74, 6) is -0.0301. The zero-order valence-corrected chi connectivity index (χ0v) is 18.7. The molecule has 1 aliphatic rings. The molecule has 3 N–H and O–H groups in total. The Kier molecular flexibility index (Phi) is 6.52. The summed E-state index contributed by atoms with van der Waals surface area (Å²) in [5, 5.41) is 0.537. The van der Waals surface area contributed by atoms with Crippen molar-refractivity contribution in [2.75, 3.05) is 30.9 Å². The third-order valence-electron chi connectivity index (χ3n) is 5.43. The van der Waals surface area contributed by atoms with E-state index in [0.717, 1.165) is 11.1 Å². The fraction of sp³-hybridized carbons (Fsp3) is 0.261. The number of halogens is 1. The number of rotatable bonds is 7. The van der Waals surface area contributed by atoms with E-state index in [1.807, 2.05) is 30.3 Å². The first kappa shape index (κ1) is 22.6. The normalized spacial score (nSPS) is 14.5. The number of carbonyl (C=O) groups is 1. The number of hydrogen-bond acceptors (Lipinski definition) is 6. The molecule has 2 heterocycles. The largest absolute Gasteiger partial charge is 0.480 e. The van der Waals surface area contributed by atoms with Crippen molar-refractivity contribution in [3.8, 4) is 5.75 Å². The Morgan fingerprint density at radius 3 is 2.76 bits per heavy atom. The Hall–Kier alpha value is -3.56. The molecule has 0 saturated carbocycles. The van der Waals surface area contributed by atoms with E-state index in [0.29, 0.717) is 17.2 Å². The zero-order chi connectivity index (χ0) is 23.5. The van der Waals surface area contributed by atoms with E-state index < -0.39 is 23.3 Å². The lowest BCUT2D eigenvalue weighted by Gasteiger charge is -2.26. The number of nitrogens with one attached hydrogen (secondary N) is 1. The van der Waals surface area contributed by atoms with Gasteiger partial charge in [0.15, 0.2) is 11.8 Å². The molecule has 2 aromatic carbocycles. The minimum Gasteiger partial charge on any atom is -0.480 e. The van der Waals surface area contributed by atoms with Gasteiger partial charge in [0, 0.05) is 25.1 Å². The number of amides is 1. The monoisotopic (exact) mass is 470 g/mol. The van der Waals surface area contributed by atoms with Crippen molar-refractivity contribution in [1.82, 2.24) is 9.55 Å². The van der Waals surface area contributed by atoms with Crippen LogP contribution in [0.15, 0.2) is 58.1 Å². The first-order chi connectivity index (χ1) is 15.9. The van der Waals surface area contributed by atoms with Gasteiger partial charge in [-0.3, -0.25) is 24.0 Å². The Morgan fingerprint density at radius 1 is 1.27 bits per heavy atom. The average molecular weight is 471 g/mol. The molecule has 33 heavy (non-hydrogen) atoms. The number of anilines is 2. The van der Waals surface area contributed by atoms with Crippen LogP contribution in [0.2, 0.25) is 5.02 Å². The molecule has 0 spiro atoms. The third kappa shape index (κ3) is 4.64. The minimum absolute atomic E-state index is 0.0448. The predicted octanol–water partition coefficient (Wildman–Crippen LogP) is 1.80. The topological polar surface area (TPSA) is 120 Å². The third-order valence-corrected chi connectivity index (χ3v) is 5.66. The summed E-state index contributed by atoms with van der Waals surface area (Å²) >= 11 is 6.06. The Balaban J connectivity index is 1.71. The fourth-order valence-electron chi connectivity index (χ4n) is 3.80. The Labute approximate surface area is 194 Å². The number of ether oxygens (including phenoxy) is 2. The summed E-state index contributed by atoms with van der Waals surface area (Å²) < 4.78 is 12.2. The van der Waals surface area contributed by atoms with E-state index in [2.05, 4.69) is 4.98 Å². The molecule has 9 nitrogen and oxygen atoms in total. The number of nitrogens with two attached hydrogens (primary N) is 1. The summed E-state index contributed by atoms with van der Waals surface area (Å²) in [7, 11) is 1.48. The van der Waals surface area contributed by atoms with Crippen molar-refractivity contribution < 1.29 is 14.3 Å². The summed E-state index contributed by atoms with van der Waals surface area (Å²) in [5.41, 5.74) is 6.36. The molecule has 10 heteroatoms. The van der Waals surface area contributed by atoms with Crippen LogP contribution in [-0.2, 0) is 22.5 Å². The molecule has 0 bridgehead atoms. The highest BCUT2D eigenvalue weighted by molar-refractivity contribution is 6.30. The first-order valence-electron chi connectivity index (χ1n) is 10.3. The van der Waals surface area contributed by atoms with E-state index in [9.17, 15) is 14.4 Å². The number of nitrogens with zero attached hydrogens (tertiary/aromatic N) is 2. The van der Waals surface area contributed by atoms with Gasteiger partial charge in [-0.2, -0.15) is 0 Å². The maximum Gasteiger partial charge on any atom is 0.330 e. The number of nitrogen functional groups attached to an aromatic ring is 1. The highest BCUT2D eigenvalue weighted by Gasteiger charge is 2.35. The van der Waals surface area contributed by atoms with Gasteiger partial charge in [0.1, 0.15) is 11.6 Å². The maximum atomic E-state index is 13.5. The van der Waals surface area contributed by atoms with Gasteiger partial charge < -0.3 is 15.2 Å². The van der Waals surface area contributed by atoms with Gasteiger partial charge in [0.2, 0.25) is 0 Å². The van der Waals surface area contributed by atoms with Crippen LogP contribution < -0.4 is 26.6 Å². The molecule has 1 atom stereocenters. The van der Waals surface area contributed by atoms with Crippen LogP contribution in [0.3, 0.4) is 0 Å². The first-order valence-corrected chi connectivity index (χ1v) is 10.7. The highest BCUT2D eigenvalue weighted by Crippen LogP contribution is 2.32. The SMILES string of the molecule is COCCN(C(=O)C1Cc2cc(Cl)ccc2O1)c1c(N)n(Cc2ccccc2)c(=O)[nH]c1=O. The zero-order valence-electron chi connectivity index (χ0n) is 17.9. The summed E-state index contributed by atoms with van der Waals surface area (Å²) in [6.45, 7) is 0.322. The van der Waals surface area contributed by atoms with Crippen LogP contribution in [0.25, 0.3) is 0 Å². The molecule has 0 radical (unpaired) electrons. The molecular weight excluding hydrogens is 448 g/mol. The van der Waals surface area contributed by atoms with E-state index in [1.54, 1.807) is 18.2 Å². The van der Waals surface area contributed by atoms with Crippen LogP contribution in [0.5, 0.6) is 5.75 Å². The highest BCUT2D eigenvalue weighted by atomic mass is 35.5. The molecule has 0 saturated heterocycles. The van der Waals surface area contributed by atoms with Crippen molar-refractivity contribution in [2.24, 2.45) is 0 Å². The maximum absolute atomic E-state index is 13.5. The van der Waals surface area contributed by atoms with Crippen molar-refractivity contribution in [1.29, 1.82) is 0 Å². The molecule has 1 unspecified atom stereocenters. The molecule has 0 aliphatic carbocycles. The molecule has 3 aromatic rings. The van der Waals surface area contributed by atoms with E-state index in [1.165, 1.54) is 16.6 Å². The van der Waals surface area contributed by atoms with Crippen LogP contribution in [0.1, 0.15) is 11.1 Å². The number of carbonyl (C=O) groups excluding carboxylic acids is 1. The number of aromatic nitrogens is 2. The molecule has 4 rings (SSSR count). The van der Waals surface area contributed by atoms with E-state index in [-0.39, 0.29) is 31.2 Å². The van der Waals surface area contributed by atoms with Crippen molar-refractivity contribution in [3.63, 3.8) is 0 Å². The summed E-state index contributed by atoms with van der Waals surface area (Å²) in [6.07, 6.45) is -0.580. The van der Waals surface area contributed by atoms with Gasteiger partial charge in [-0.15, -0.1) is 0 Å². The lowest BCUT2D eigenvalue weighted by atomic mass is 10.1. The van der Waals surface area contributed by atoms with Crippen LogP contribution in [0.4, 0.5) is 11.5 Å². The molecule has 1 amide bonds. The Bertz CT molecular complexity index is 1290. The number of hydrogen-bond donors (Lipinski definition) is 2. The standard InChI is InChI=1S/C23H23ClN4O5/c1-32-10-9-27(22(30)18-12-15-11-16(24)7-8-17(15)33-18)19-20(25)28(23(31)26-21(19)29)13-14-5-3-2-4-6-14/h2-8,11,18H,9-10,12-13,25H2,1H3,(H,26,29,31). The van der Waals surface area contributed by atoms with Crippen molar-refractivity contribution >= 4 is 29.0 Å². The molecule has 0 fully saturated rings. The van der Waals surface area contributed by atoms with Gasteiger partial charge in [0.25, 0.3) is 11.5 Å². The number of methoxy groups -OCH3 is 1. The second-order valence-corrected chi connectivity index (χ2v) is 8.05. The fourth-order valence-corrected chi connectivity index (χ4v) is 4.00. The number of H-pyrrole nitrogens is 1. The Morgan fingerprint density at radius 2 is 2.03 bits per heavy atom. The lowest BCUT2D eigenvalue weighted by Crippen LogP contribution is -2.47. The summed E-state index contributed by atoms with van der Waals surface area (Å²) in [6, 6.07) is 14.3. The van der Waals surface area contributed by atoms with Gasteiger partial charge in [-0.25, -0.2) is 4.79 Å². The number of aromatic amines is 1. The average Bonchev–Trinajstić information content (AvgIpc) is 3.22. The second kappa shape index (κ2) is 9.51. The molecule has 172 valence electrons. The van der Waals surface area contributed by atoms with Gasteiger partial charge in [0.05, 0.1) is 13.2 Å². The van der Waals surface area contributed by atoms with Crippen molar-refractivity contribution in [3.05, 3.63) is 85.5 Å².